The van der Waals surface area contributed by atoms with Crippen molar-refractivity contribution in [2.75, 3.05) is 11.9 Å². The van der Waals surface area contributed by atoms with Crippen molar-refractivity contribution in [1.29, 1.82) is 0 Å². The molecule has 0 saturated carbocycles. The molecule has 3 N–H and O–H groups in total. The second-order valence-electron chi connectivity index (χ2n) is 10.6. The average molecular weight is 585 g/mol. The van der Waals surface area contributed by atoms with E-state index >= 15 is 0 Å². The van der Waals surface area contributed by atoms with E-state index in [0.29, 0.717) is 25.1 Å². The van der Waals surface area contributed by atoms with Gasteiger partial charge in [-0.1, -0.05) is 71.4 Å². The Morgan fingerprint density at radius 2 is 1.82 bits per heavy atom. The van der Waals surface area contributed by atoms with E-state index in [1.807, 2.05) is 69.3 Å². The van der Waals surface area contributed by atoms with Crippen LogP contribution >= 0.6 is 15.9 Å². The number of carbonyl (C=O) groups excluding carboxylic acids is 3. The number of halogens is 1. The molecule has 0 radical (unpaired) electrons. The Hall–Kier alpha value is -2.75. The van der Waals surface area contributed by atoms with Crippen LogP contribution in [0.2, 0.25) is 0 Å². The molecular weight excluding hydrogens is 550 g/mol. The molecule has 2 bridgehead atoms. The molecule has 3 aliphatic rings. The van der Waals surface area contributed by atoms with Crippen molar-refractivity contribution in [3.8, 4) is 0 Å². The van der Waals surface area contributed by atoms with Crippen molar-refractivity contribution in [2.24, 2.45) is 11.8 Å². The number of aliphatic hydroxyl groups is 1. The zero-order valence-electron chi connectivity index (χ0n) is 21.8. The van der Waals surface area contributed by atoms with Crippen molar-refractivity contribution in [2.45, 2.75) is 68.8 Å². The number of likely N-dealkylation sites (tertiary alicyclic amines) is 1. The second-order valence-corrected chi connectivity index (χ2v) is 11.8. The standard InChI is InChI=1S/C29H34BrN3O5/c1-4-19(15-34)33-25(27(36)32-23-16(2)9-8-10-17(23)3)29-13-20(30)24(38-29)21(22(29)28(33)37)26(35)31-14-18-11-6-5-7-12-18/h5-12,19-22,24-25,34H,4,13-15H2,1-3H3,(H,31,35)(H,32,36)/t19-,20?,21+,22-,24+,25?,29?/m0/s1. The summed E-state index contributed by atoms with van der Waals surface area (Å²) in [7, 11) is 0. The van der Waals surface area contributed by atoms with Crippen molar-refractivity contribution in [3.05, 3.63) is 65.2 Å². The topological polar surface area (TPSA) is 108 Å². The maximum atomic E-state index is 14.1. The molecule has 38 heavy (non-hydrogen) atoms. The van der Waals surface area contributed by atoms with E-state index in [1.54, 1.807) is 0 Å². The molecule has 3 fully saturated rings. The van der Waals surface area contributed by atoms with Gasteiger partial charge in [0, 0.05) is 17.1 Å². The van der Waals surface area contributed by atoms with Gasteiger partial charge >= 0.3 is 0 Å². The van der Waals surface area contributed by atoms with E-state index in [0.717, 1.165) is 16.7 Å². The van der Waals surface area contributed by atoms with Crippen LogP contribution in [0.5, 0.6) is 0 Å². The summed E-state index contributed by atoms with van der Waals surface area (Å²) < 4.78 is 6.54. The summed E-state index contributed by atoms with van der Waals surface area (Å²) in [5, 5.41) is 16.2. The van der Waals surface area contributed by atoms with E-state index in [-0.39, 0.29) is 29.2 Å². The number of nitrogens with zero attached hydrogens (tertiary/aromatic N) is 1. The number of ether oxygens (including phenoxy) is 1. The number of rotatable bonds is 8. The van der Waals surface area contributed by atoms with Crippen LogP contribution in [0.25, 0.3) is 0 Å². The van der Waals surface area contributed by atoms with Gasteiger partial charge in [-0.15, -0.1) is 0 Å². The normalized spacial score (nSPS) is 30.3. The molecule has 0 aliphatic carbocycles. The third kappa shape index (κ3) is 4.25. The Morgan fingerprint density at radius 1 is 1.13 bits per heavy atom. The number of hydrogen-bond donors (Lipinski definition) is 3. The van der Waals surface area contributed by atoms with Gasteiger partial charge in [0.1, 0.15) is 11.6 Å². The molecule has 3 aliphatic heterocycles. The summed E-state index contributed by atoms with van der Waals surface area (Å²) >= 11 is 3.69. The SMILES string of the molecule is CC[C@@H](CO)N1C(=O)[C@@H]2[C@@H](C(=O)NCc3ccccc3)[C@@H]3OC2(CC3Br)C1C(=O)Nc1c(C)cccc1C. The number of hydrogen-bond acceptors (Lipinski definition) is 5. The highest BCUT2D eigenvalue weighted by molar-refractivity contribution is 9.09. The smallest absolute Gasteiger partial charge is 0.250 e. The van der Waals surface area contributed by atoms with Crippen LogP contribution < -0.4 is 10.6 Å². The zero-order chi connectivity index (χ0) is 27.2. The van der Waals surface area contributed by atoms with E-state index in [9.17, 15) is 19.5 Å². The van der Waals surface area contributed by atoms with Crippen LogP contribution in [0.3, 0.4) is 0 Å². The number of benzene rings is 2. The van der Waals surface area contributed by atoms with E-state index < -0.39 is 35.6 Å². The van der Waals surface area contributed by atoms with Gasteiger partial charge in [-0.2, -0.15) is 0 Å². The highest BCUT2D eigenvalue weighted by atomic mass is 79.9. The van der Waals surface area contributed by atoms with Crippen molar-refractivity contribution >= 4 is 39.3 Å². The first-order chi connectivity index (χ1) is 18.2. The number of fused-ring (bicyclic) bond motifs is 1. The Kier molecular flexibility index (Phi) is 7.37. The lowest BCUT2D eigenvalue weighted by molar-refractivity contribution is -0.144. The van der Waals surface area contributed by atoms with Gasteiger partial charge in [-0.05, 0) is 43.4 Å². The molecule has 202 valence electrons. The van der Waals surface area contributed by atoms with Crippen LogP contribution in [0.4, 0.5) is 5.69 Å². The average Bonchev–Trinajstić information content (AvgIpc) is 3.50. The third-order valence-corrected chi connectivity index (χ3v) is 9.24. The molecule has 3 saturated heterocycles. The fraction of sp³-hybridized carbons (Fsp3) is 0.483. The van der Waals surface area contributed by atoms with E-state index in [1.165, 1.54) is 4.90 Å². The first-order valence-corrected chi connectivity index (χ1v) is 14.1. The van der Waals surface area contributed by atoms with Crippen molar-refractivity contribution < 1.29 is 24.2 Å². The number of amides is 3. The van der Waals surface area contributed by atoms with Gasteiger partial charge in [0.05, 0.1) is 30.6 Å². The fourth-order valence-corrected chi connectivity index (χ4v) is 7.52. The van der Waals surface area contributed by atoms with E-state index in [4.69, 9.17) is 4.74 Å². The van der Waals surface area contributed by atoms with Crippen molar-refractivity contribution in [1.82, 2.24) is 10.2 Å². The fourth-order valence-electron chi connectivity index (χ4n) is 6.58. The molecule has 5 rings (SSSR count). The Morgan fingerprint density at radius 3 is 2.45 bits per heavy atom. The largest absolute Gasteiger partial charge is 0.394 e. The third-order valence-electron chi connectivity index (χ3n) is 8.39. The Labute approximate surface area is 231 Å². The zero-order valence-corrected chi connectivity index (χ0v) is 23.4. The maximum absolute atomic E-state index is 14.1. The number of carbonyl (C=O) groups is 3. The number of aryl methyl sites for hydroxylation is 2. The molecule has 3 unspecified atom stereocenters. The number of alkyl halides is 1. The minimum atomic E-state index is -1.17. The molecule has 2 aromatic rings. The number of para-hydroxylation sites is 1. The summed E-state index contributed by atoms with van der Waals surface area (Å²) in [6.07, 6.45) is 0.343. The van der Waals surface area contributed by atoms with Crippen LogP contribution in [-0.4, -0.2) is 63.0 Å². The summed E-state index contributed by atoms with van der Waals surface area (Å²) in [5.74, 6) is -2.51. The summed E-state index contributed by atoms with van der Waals surface area (Å²) in [4.78, 5) is 43.0. The molecular formula is C29H34BrN3O5. The number of aliphatic hydroxyl groups excluding tert-OH is 1. The Balaban J connectivity index is 1.50. The Bertz CT molecular complexity index is 1220. The monoisotopic (exact) mass is 583 g/mol. The highest BCUT2D eigenvalue weighted by Gasteiger charge is 2.77. The van der Waals surface area contributed by atoms with Gasteiger partial charge < -0.3 is 25.4 Å². The second kappa shape index (κ2) is 10.4. The lowest BCUT2D eigenvalue weighted by atomic mass is 9.70. The summed E-state index contributed by atoms with van der Waals surface area (Å²) in [6, 6.07) is 13.8. The molecule has 3 heterocycles. The van der Waals surface area contributed by atoms with Gasteiger partial charge in [0.25, 0.3) is 0 Å². The number of anilines is 1. The van der Waals surface area contributed by atoms with Crippen molar-refractivity contribution in [3.63, 3.8) is 0 Å². The first-order valence-electron chi connectivity index (χ1n) is 13.2. The summed E-state index contributed by atoms with van der Waals surface area (Å²) in [5.41, 5.74) is 2.29. The first kappa shape index (κ1) is 26.8. The molecule has 9 heteroatoms. The van der Waals surface area contributed by atoms with Crippen LogP contribution in [-0.2, 0) is 25.7 Å². The minimum Gasteiger partial charge on any atom is -0.394 e. The molecule has 0 aromatic heterocycles. The quantitative estimate of drug-likeness (QED) is 0.414. The molecule has 8 nitrogen and oxygen atoms in total. The minimum absolute atomic E-state index is 0.191. The summed E-state index contributed by atoms with van der Waals surface area (Å²) in [6.45, 7) is 5.75. The van der Waals surface area contributed by atoms with Crippen LogP contribution in [0.1, 0.15) is 36.5 Å². The molecule has 2 aromatic carbocycles. The molecule has 7 atom stereocenters. The predicted molar refractivity (Wildman–Crippen MR) is 147 cm³/mol. The molecule has 1 spiro atoms. The van der Waals surface area contributed by atoms with Crippen LogP contribution in [0.15, 0.2) is 48.5 Å². The predicted octanol–water partition coefficient (Wildman–Crippen LogP) is 3.08. The lowest BCUT2D eigenvalue weighted by Crippen LogP contribution is -2.56. The molecule has 3 amide bonds. The van der Waals surface area contributed by atoms with Gasteiger partial charge in [0.2, 0.25) is 17.7 Å². The van der Waals surface area contributed by atoms with Gasteiger partial charge in [-0.3, -0.25) is 14.4 Å². The van der Waals surface area contributed by atoms with Crippen LogP contribution in [0, 0.1) is 25.7 Å². The van der Waals surface area contributed by atoms with Gasteiger partial charge in [-0.25, -0.2) is 0 Å². The highest BCUT2D eigenvalue weighted by Crippen LogP contribution is 2.60. The number of nitrogens with one attached hydrogen (secondary N) is 2. The maximum Gasteiger partial charge on any atom is 0.250 e. The van der Waals surface area contributed by atoms with Gasteiger partial charge in [0.15, 0.2) is 0 Å². The lowest BCUT2D eigenvalue weighted by Gasteiger charge is -2.36. The van der Waals surface area contributed by atoms with E-state index in [2.05, 4.69) is 26.6 Å².